The van der Waals surface area contributed by atoms with E-state index in [4.69, 9.17) is 0 Å². The molecule has 1 aliphatic carbocycles. The van der Waals surface area contributed by atoms with Crippen molar-refractivity contribution in [2.75, 3.05) is 26.2 Å². The maximum atomic E-state index is 13.3. The summed E-state index contributed by atoms with van der Waals surface area (Å²) in [5.41, 5.74) is 0.697. The first kappa shape index (κ1) is 22.3. The van der Waals surface area contributed by atoms with E-state index in [1.165, 1.54) is 32.4 Å². The lowest BCUT2D eigenvalue weighted by molar-refractivity contribution is -0.125. The van der Waals surface area contributed by atoms with Gasteiger partial charge in [-0.15, -0.1) is 0 Å². The molecule has 3 unspecified atom stereocenters. The number of likely N-dealkylation sites (tertiary alicyclic amines) is 2. The summed E-state index contributed by atoms with van der Waals surface area (Å²) in [6, 6.07) is 9.38. The van der Waals surface area contributed by atoms with E-state index < -0.39 is 0 Å². The molecule has 3 aliphatic rings. The minimum absolute atomic E-state index is 0.0227. The van der Waals surface area contributed by atoms with Gasteiger partial charge in [0.15, 0.2) is 0 Å². The molecule has 31 heavy (non-hydrogen) atoms. The van der Waals surface area contributed by atoms with E-state index in [0.29, 0.717) is 18.0 Å². The van der Waals surface area contributed by atoms with Crippen molar-refractivity contribution < 1.29 is 9.59 Å². The van der Waals surface area contributed by atoms with Crippen LogP contribution in [0.1, 0.15) is 75.1 Å². The van der Waals surface area contributed by atoms with Crippen LogP contribution in [0.15, 0.2) is 30.3 Å². The molecule has 2 heterocycles. The van der Waals surface area contributed by atoms with Crippen molar-refractivity contribution in [2.24, 2.45) is 11.8 Å². The topological polar surface area (TPSA) is 52.7 Å². The van der Waals surface area contributed by atoms with Crippen LogP contribution in [0.3, 0.4) is 0 Å². The number of carbonyl (C=O) groups is 2. The number of nitrogens with one attached hydrogen (secondary N) is 1. The fourth-order valence-electron chi connectivity index (χ4n) is 5.79. The summed E-state index contributed by atoms with van der Waals surface area (Å²) in [4.78, 5) is 30.9. The molecule has 1 saturated carbocycles. The molecule has 0 bridgehead atoms. The molecule has 5 heteroatoms. The van der Waals surface area contributed by atoms with Crippen LogP contribution >= 0.6 is 0 Å². The predicted molar refractivity (Wildman–Crippen MR) is 124 cm³/mol. The van der Waals surface area contributed by atoms with Gasteiger partial charge in [0.2, 0.25) is 5.91 Å². The fraction of sp³-hybridized carbons (Fsp3) is 0.692. The van der Waals surface area contributed by atoms with E-state index in [0.717, 1.165) is 51.0 Å². The van der Waals surface area contributed by atoms with Crippen molar-refractivity contribution in [3.63, 3.8) is 0 Å². The quantitative estimate of drug-likeness (QED) is 0.670. The Morgan fingerprint density at radius 2 is 1.74 bits per heavy atom. The molecule has 0 radical (unpaired) electrons. The number of unbranched alkanes of at least 4 members (excludes halogenated alkanes) is 1. The van der Waals surface area contributed by atoms with Gasteiger partial charge in [0.25, 0.3) is 5.91 Å². The molecule has 1 aromatic carbocycles. The summed E-state index contributed by atoms with van der Waals surface area (Å²) < 4.78 is 0. The van der Waals surface area contributed by atoms with Crippen LogP contribution in [0.4, 0.5) is 0 Å². The Balaban J connectivity index is 1.29. The number of hydrogen-bond donors (Lipinski definition) is 1. The molecule has 1 aromatic rings. The zero-order valence-corrected chi connectivity index (χ0v) is 19.1. The Kier molecular flexibility index (Phi) is 7.65. The Morgan fingerprint density at radius 3 is 2.52 bits per heavy atom. The summed E-state index contributed by atoms with van der Waals surface area (Å²) >= 11 is 0. The number of amides is 2. The first-order valence-corrected chi connectivity index (χ1v) is 12.5. The van der Waals surface area contributed by atoms with Gasteiger partial charge < -0.3 is 15.1 Å². The second kappa shape index (κ2) is 10.6. The van der Waals surface area contributed by atoms with Crippen LogP contribution in [0.2, 0.25) is 0 Å². The van der Waals surface area contributed by atoms with Gasteiger partial charge in [0.1, 0.15) is 6.04 Å². The van der Waals surface area contributed by atoms with Crippen LogP contribution in [0, 0.1) is 11.8 Å². The number of fused-ring (bicyclic) bond motifs is 1. The fourth-order valence-corrected chi connectivity index (χ4v) is 5.79. The Labute approximate surface area is 187 Å². The van der Waals surface area contributed by atoms with Gasteiger partial charge >= 0.3 is 0 Å². The van der Waals surface area contributed by atoms with E-state index >= 15 is 0 Å². The molecule has 0 spiro atoms. The molecule has 3 fully saturated rings. The monoisotopic (exact) mass is 425 g/mol. The van der Waals surface area contributed by atoms with Gasteiger partial charge in [0.05, 0.1) is 0 Å². The zero-order valence-electron chi connectivity index (χ0n) is 19.1. The normalized spacial score (nSPS) is 27.1. The van der Waals surface area contributed by atoms with Gasteiger partial charge in [-0.2, -0.15) is 0 Å². The number of hydrogen-bond acceptors (Lipinski definition) is 3. The maximum Gasteiger partial charge on any atom is 0.254 e. The summed E-state index contributed by atoms with van der Waals surface area (Å²) in [5.74, 6) is 1.41. The average molecular weight is 426 g/mol. The predicted octanol–water partition coefficient (Wildman–Crippen LogP) is 4.09. The number of rotatable bonds is 7. The average Bonchev–Trinajstić information content (AvgIpc) is 3.20. The largest absolute Gasteiger partial charge is 0.354 e. The highest BCUT2D eigenvalue weighted by Crippen LogP contribution is 2.40. The Hall–Kier alpha value is -1.88. The highest BCUT2D eigenvalue weighted by atomic mass is 16.2. The van der Waals surface area contributed by atoms with Gasteiger partial charge in [-0.1, -0.05) is 38.0 Å². The standard InChI is InChI=1S/C26H39N3O2/c1-20-13-17-28(18-14-20)16-8-7-15-27-25(30)24-19-22-11-5-6-12-23(22)29(24)26(31)21-9-3-2-4-10-21/h2-4,9-10,20,22-24H,5-8,11-19H2,1H3,(H,27,30). The van der Waals surface area contributed by atoms with Gasteiger partial charge in [-0.05, 0) is 88.5 Å². The molecule has 170 valence electrons. The Morgan fingerprint density at radius 1 is 1.00 bits per heavy atom. The van der Waals surface area contributed by atoms with Crippen LogP contribution in [-0.2, 0) is 4.79 Å². The molecular weight excluding hydrogens is 386 g/mol. The minimum Gasteiger partial charge on any atom is -0.354 e. The molecule has 0 aromatic heterocycles. The maximum absolute atomic E-state index is 13.3. The minimum atomic E-state index is -0.315. The summed E-state index contributed by atoms with van der Waals surface area (Å²) in [6.07, 6.45) is 10.1. The third-order valence-corrected chi connectivity index (χ3v) is 7.72. The van der Waals surface area contributed by atoms with Gasteiger partial charge in [-0.3, -0.25) is 9.59 Å². The van der Waals surface area contributed by atoms with E-state index in [2.05, 4.69) is 17.1 Å². The van der Waals surface area contributed by atoms with Crippen molar-refractivity contribution in [2.45, 2.75) is 76.8 Å². The molecule has 5 nitrogen and oxygen atoms in total. The SMILES string of the molecule is CC1CCN(CCCCNC(=O)C2CC3CCCCC3N2C(=O)c2ccccc2)CC1. The van der Waals surface area contributed by atoms with Crippen molar-refractivity contribution in [1.29, 1.82) is 0 Å². The first-order valence-electron chi connectivity index (χ1n) is 12.5. The summed E-state index contributed by atoms with van der Waals surface area (Å²) in [5, 5.41) is 3.16. The second-order valence-electron chi connectivity index (χ2n) is 9.96. The van der Waals surface area contributed by atoms with E-state index in [9.17, 15) is 9.59 Å². The summed E-state index contributed by atoms with van der Waals surface area (Å²) in [7, 11) is 0. The van der Waals surface area contributed by atoms with Crippen LogP contribution in [-0.4, -0.2) is 59.9 Å². The zero-order chi connectivity index (χ0) is 21.6. The van der Waals surface area contributed by atoms with E-state index in [1.807, 2.05) is 35.2 Å². The highest BCUT2D eigenvalue weighted by molar-refractivity contribution is 5.98. The number of carbonyl (C=O) groups excluding carboxylic acids is 2. The molecule has 2 aliphatic heterocycles. The first-order chi connectivity index (χ1) is 15.1. The van der Waals surface area contributed by atoms with Gasteiger partial charge in [-0.25, -0.2) is 0 Å². The lowest BCUT2D eigenvalue weighted by Gasteiger charge is -2.33. The molecule has 3 atom stereocenters. The molecule has 1 N–H and O–H groups in total. The van der Waals surface area contributed by atoms with Gasteiger partial charge in [0, 0.05) is 18.2 Å². The van der Waals surface area contributed by atoms with Crippen molar-refractivity contribution in [3.8, 4) is 0 Å². The lowest BCUT2D eigenvalue weighted by Crippen LogP contribution is -2.49. The Bertz CT molecular complexity index is 729. The third kappa shape index (κ3) is 5.49. The van der Waals surface area contributed by atoms with Crippen molar-refractivity contribution in [1.82, 2.24) is 15.1 Å². The van der Waals surface area contributed by atoms with Crippen LogP contribution in [0.25, 0.3) is 0 Å². The van der Waals surface area contributed by atoms with Crippen LogP contribution in [0.5, 0.6) is 0 Å². The third-order valence-electron chi connectivity index (χ3n) is 7.72. The molecular formula is C26H39N3O2. The van der Waals surface area contributed by atoms with E-state index in [-0.39, 0.29) is 23.9 Å². The molecule has 2 amide bonds. The highest BCUT2D eigenvalue weighted by Gasteiger charge is 2.47. The number of nitrogens with zero attached hydrogens (tertiary/aromatic N) is 2. The van der Waals surface area contributed by atoms with Crippen molar-refractivity contribution in [3.05, 3.63) is 35.9 Å². The molecule has 2 saturated heterocycles. The smallest absolute Gasteiger partial charge is 0.254 e. The number of piperidine rings is 1. The van der Waals surface area contributed by atoms with E-state index in [1.54, 1.807) is 0 Å². The summed E-state index contributed by atoms with van der Waals surface area (Å²) in [6.45, 7) is 6.62. The lowest BCUT2D eigenvalue weighted by atomic mass is 9.84. The second-order valence-corrected chi connectivity index (χ2v) is 9.96. The van der Waals surface area contributed by atoms with Crippen molar-refractivity contribution >= 4 is 11.8 Å². The van der Waals surface area contributed by atoms with Crippen LogP contribution < -0.4 is 5.32 Å². The number of benzene rings is 1. The molecule has 4 rings (SSSR count).